The van der Waals surface area contributed by atoms with E-state index in [0.29, 0.717) is 23.4 Å². The lowest BCUT2D eigenvalue weighted by Crippen LogP contribution is -2.26. The summed E-state index contributed by atoms with van der Waals surface area (Å²) in [5, 5.41) is 0. The molecule has 0 bridgehead atoms. The van der Waals surface area contributed by atoms with Gasteiger partial charge in [0.05, 0.1) is 17.7 Å². The minimum atomic E-state index is -3.75. The Kier molecular flexibility index (Phi) is 5.91. The lowest BCUT2D eigenvalue weighted by Gasteiger charge is -2.16. The molecule has 6 nitrogen and oxygen atoms in total. The maximum absolute atomic E-state index is 12.9. The van der Waals surface area contributed by atoms with Gasteiger partial charge in [0.25, 0.3) is 5.91 Å². The van der Waals surface area contributed by atoms with Crippen molar-refractivity contribution in [3.8, 4) is 0 Å². The Morgan fingerprint density at radius 3 is 2.36 bits per heavy atom. The van der Waals surface area contributed by atoms with Crippen molar-refractivity contribution in [3.05, 3.63) is 89.6 Å². The van der Waals surface area contributed by atoms with Crippen LogP contribution in [-0.2, 0) is 23.1 Å². The van der Waals surface area contributed by atoms with Crippen LogP contribution in [0.2, 0.25) is 0 Å². The summed E-state index contributed by atoms with van der Waals surface area (Å²) in [4.78, 5) is 14.0. The Hall–Kier alpha value is -2.97. The van der Waals surface area contributed by atoms with Crippen LogP contribution in [0.5, 0.6) is 0 Å². The fraction of sp³-hybridized carbons (Fsp3) is 0.150. The second-order valence-electron chi connectivity index (χ2n) is 6.22. The molecular weight excluding hydrogens is 383 g/mol. The van der Waals surface area contributed by atoms with E-state index in [1.54, 1.807) is 49.7 Å². The summed E-state index contributed by atoms with van der Waals surface area (Å²) in [6.45, 7) is 0.404. The molecule has 1 amide bonds. The van der Waals surface area contributed by atoms with Crippen molar-refractivity contribution in [2.75, 3.05) is 7.05 Å². The molecule has 0 aliphatic carbocycles. The molecule has 8 heteroatoms. The molecule has 28 heavy (non-hydrogen) atoms. The van der Waals surface area contributed by atoms with Crippen molar-refractivity contribution in [2.24, 2.45) is 0 Å². The van der Waals surface area contributed by atoms with Crippen LogP contribution in [0.3, 0.4) is 0 Å². The average Bonchev–Trinajstić information content (AvgIpc) is 3.19. The van der Waals surface area contributed by atoms with E-state index in [2.05, 4.69) is 4.72 Å². The molecule has 0 unspecified atom stereocenters. The zero-order chi connectivity index (χ0) is 20.1. The summed E-state index contributed by atoms with van der Waals surface area (Å²) in [6.07, 6.45) is 1.55. The van der Waals surface area contributed by atoms with Crippen molar-refractivity contribution in [2.45, 2.75) is 18.0 Å². The van der Waals surface area contributed by atoms with Gasteiger partial charge >= 0.3 is 0 Å². The molecule has 0 radical (unpaired) electrons. The van der Waals surface area contributed by atoms with E-state index in [9.17, 15) is 17.6 Å². The van der Waals surface area contributed by atoms with E-state index in [0.717, 1.165) is 12.1 Å². The van der Waals surface area contributed by atoms with E-state index in [1.807, 2.05) is 0 Å². The Bertz CT molecular complexity index is 1030. The van der Waals surface area contributed by atoms with Gasteiger partial charge in [-0.1, -0.05) is 12.1 Å². The van der Waals surface area contributed by atoms with Gasteiger partial charge in [-0.15, -0.1) is 0 Å². The van der Waals surface area contributed by atoms with E-state index < -0.39 is 15.8 Å². The minimum absolute atomic E-state index is 0.0137. The molecule has 0 atom stereocenters. The Morgan fingerprint density at radius 1 is 1.07 bits per heavy atom. The van der Waals surface area contributed by atoms with Gasteiger partial charge in [0, 0.05) is 19.2 Å². The third-order valence-electron chi connectivity index (χ3n) is 4.11. The van der Waals surface area contributed by atoms with Crippen LogP contribution in [0.1, 0.15) is 21.7 Å². The maximum atomic E-state index is 12.9. The van der Waals surface area contributed by atoms with Gasteiger partial charge in [-0.2, -0.15) is 0 Å². The van der Waals surface area contributed by atoms with Gasteiger partial charge < -0.3 is 9.32 Å². The molecule has 1 heterocycles. The smallest absolute Gasteiger partial charge is 0.254 e. The molecule has 0 saturated heterocycles. The van der Waals surface area contributed by atoms with Crippen LogP contribution >= 0.6 is 0 Å². The summed E-state index contributed by atoms with van der Waals surface area (Å²) >= 11 is 0. The van der Waals surface area contributed by atoms with Crippen molar-refractivity contribution in [3.63, 3.8) is 0 Å². The van der Waals surface area contributed by atoms with Crippen molar-refractivity contribution < 1.29 is 22.0 Å². The first-order valence-corrected chi connectivity index (χ1v) is 9.95. The number of rotatable bonds is 7. The number of nitrogens with one attached hydrogen (secondary N) is 1. The third-order valence-corrected chi connectivity index (χ3v) is 5.53. The highest BCUT2D eigenvalue weighted by molar-refractivity contribution is 7.89. The molecule has 0 aliphatic heterocycles. The predicted molar refractivity (Wildman–Crippen MR) is 101 cm³/mol. The highest BCUT2D eigenvalue weighted by Gasteiger charge is 2.15. The standard InChI is InChI=1S/C20H19FN2O4S/c1-23(14-18-3-2-12-27-18)20(24)16-6-4-15(5-7-16)13-22-28(25,26)19-10-8-17(21)9-11-19/h2-12,22H,13-14H2,1H3. The van der Waals surface area contributed by atoms with Crippen LogP contribution in [-0.4, -0.2) is 26.3 Å². The number of nitrogens with zero attached hydrogens (tertiary/aromatic N) is 1. The first-order valence-electron chi connectivity index (χ1n) is 8.47. The molecule has 1 N–H and O–H groups in total. The second-order valence-corrected chi connectivity index (χ2v) is 7.98. The van der Waals surface area contributed by atoms with Gasteiger partial charge in [0.1, 0.15) is 11.6 Å². The van der Waals surface area contributed by atoms with Crippen molar-refractivity contribution >= 4 is 15.9 Å². The van der Waals surface area contributed by atoms with Crippen LogP contribution in [0.25, 0.3) is 0 Å². The number of halogens is 1. The predicted octanol–water partition coefficient (Wildman–Crippen LogP) is 3.17. The number of amides is 1. The van der Waals surface area contributed by atoms with Crippen LogP contribution in [0.15, 0.2) is 76.2 Å². The Morgan fingerprint density at radius 2 is 1.75 bits per heavy atom. The van der Waals surface area contributed by atoms with E-state index in [1.165, 1.54) is 17.0 Å². The monoisotopic (exact) mass is 402 g/mol. The summed E-state index contributed by atoms with van der Waals surface area (Å²) in [5.41, 5.74) is 1.18. The molecule has 0 saturated carbocycles. The molecular formula is C20H19FN2O4S. The summed E-state index contributed by atoms with van der Waals surface area (Å²) in [6, 6.07) is 14.8. The molecule has 3 aromatic rings. The maximum Gasteiger partial charge on any atom is 0.254 e. The van der Waals surface area contributed by atoms with Crippen LogP contribution < -0.4 is 4.72 Å². The third kappa shape index (κ3) is 4.85. The number of sulfonamides is 1. The zero-order valence-electron chi connectivity index (χ0n) is 15.1. The van der Waals surface area contributed by atoms with Gasteiger partial charge in [0.15, 0.2) is 0 Å². The fourth-order valence-electron chi connectivity index (χ4n) is 2.57. The van der Waals surface area contributed by atoms with Crippen LogP contribution in [0.4, 0.5) is 4.39 Å². The van der Waals surface area contributed by atoms with Gasteiger partial charge in [-0.3, -0.25) is 4.79 Å². The molecule has 1 aromatic heterocycles. The van der Waals surface area contributed by atoms with Crippen molar-refractivity contribution in [1.29, 1.82) is 0 Å². The van der Waals surface area contributed by atoms with Gasteiger partial charge in [-0.05, 0) is 54.1 Å². The second kappa shape index (κ2) is 8.37. The lowest BCUT2D eigenvalue weighted by molar-refractivity contribution is 0.0775. The highest BCUT2D eigenvalue weighted by Crippen LogP contribution is 2.13. The highest BCUT2D eigenvalue weighted by atomic mass is 32.2. The Balaban J connectivity index is 1.61. The largest absolute Gasteiger partial charge is 0.467 e. The fourth-order valence-corrected chi connectivity index (χ4v) is 3.59. The molecule has 3 rings (SSSR count). The molecule has 0 fully saturated rings. The number of hydrogen-bond acceptors (Lipinski definition) is 4. The zero-order valence-corrected chi connectivity index (χ0v) is 15.9. The molecule has 0 aliphatic rings. The van der Waals surface area contributed by atoms with Gasteiger partial charge in [0.2, 0.25) is 10.0 Å². The molecule has 0 spiro atoms. The lowest BCUT2D eigenvalue weighted by atomic mass is 10.1. The summed E-state index contributed by atoms with van der Waals surface area (Å²) in [7, 11) is -2.07. The summed E-state index contributed by atoms with van der Waals surface area (Å²) in [5.74, 6) is 0.00809. The van der Waals surface area contributed by atoms with Crippen molar-refractivity contribution in [1.82, 2.24) is 9.62 Å². The Labute approximate surface area is 162 Å². The SMILES string of the molecule is CN(Cc1ccco1)C(=O)c1ccc(CNS(=O)(=O)c2ccc(F)cc2)cc1. The molecule has 2 aromatic carbocycles. The van der Waals surface area contributed by atoms with E-state index in [4.69, 9.17) is 4.42 Å². The normalized spacial score (nSPS) is 11.4. The number of benzene rings is 2. The number of carbonyl (C=O) groups is 1. The topological polar surface area (TPSA) is 79.6 Å². The quantitative estimate of drug-likeness (QED) is 0.658. The number of furan rings is 1. The van der Waals surface area contributed by atoms with Gasteiger partial charge in [-0.25, -0.2) is 17.5 Å². The number of hydrogen-bond donors (Lipinski definition) is 1. The number of carbonyl (C=O) groups excluding carboxylic acids is 1. The van der Waals surface area contributed by atoms with E-state index >= 15 is 0 Å². The minimum Gasteiger partial charge on any atom is -0.467 e. The summed E-state index contributed by atoms with van der Waals surface area (Å²) < 4.78 is 45.1. The average molecular weight is 402 g/mol. The van der Waals surface area contributed by atoms with Crippen LogP contribution in [0, 0.1) is 5.82 Å². The first kappa shape index (κ1) is 19.8. The first-order chi connectivity index (χ1) is 13.3. The van der Waals surface area contributed by atoms with E-state index in [-0.39, 0.29) is 17.3 Å². The molecule has 146 valence electrons.